The zero-order chi connectivity index (χ0) is 13.2. The first kappa shape index (κ1) is 13.8. The molecule has 1 N–H and O–H groups in total. The number of aryl methyl sites for hydroxylation is 1. The average Bonchev–Trinajstić information content (AvgIpc) is 2.73. The number of nitrogens with zero attached hydrogens (tertiary/aromatic N) is 2. The molecule has 1 aliphatic rings. The van der Waals surface area contributed by atoms with Crippen molar-refractivity contribution in [3.05, 3.63) is 16.9 Å². The highest BCUT2D eigenvalue weighted by atomic mass is 35.5. The van der Waals surface area contributed by atoms with Crippen LogP contribution in [-0.2, 0) is 11.8 Å². The summed E-state index contributed by atoms with van der Waals surface area (Å²) in [6.45, 7) is 0. The molecule has 1 atom stereocenters. The Labute approximate surface area is 114 Å². The van der Waals surface area contributed by atoms with Crippen LogP contribution in [0.3, 0.4) is 0 Å². The maximum Gasteiger partial charge on any atom is 0.0888 e. The van der Waals surface area contributed by atoms with Gasteiger partial charge >= 0.3 is 0 Å². The number of nitrogens with one attached hydrogen (secondary N) is 1. The Balaban J connectivity index is 2.37. The summed E-state index contributed by atoms with van der Waals surface area (Å²) in [4.78, 5) is 0. The zero-order valence-corrected chi connectivity index (χ0v) is 12.1. The molecule has 1 aromatic heterocycles. The molecule has 0 aliphatic heterocycles. The number of methoxy groups -OCH3 is 1. The summed E-state index contributed by atoms with van der Waals surface area (Å²) in [5.41, 5.74) is 0.854. The van der Waals surface area contributed by atoms with Crippen LogP contribution in [0.4, 0.5) is 0 Å². The summed E-state index contributed by atoms with van der Waals surface area (Å²) in [7, 11) is 5.70. The Morgan fingerprint density at radius 1 is 1.44 bits per heavy atom. The van der Waals surface area contributed by atoms with E-state index >= 15 is 0 Å². The summed E-state index contributed by atoms with van der Waals surface area (Å²) >= 11 is 6.28. The molecule has 18 heavy (non-hydrogen) atoms. The van der Waals surface area contributed by atoms with E-state index in [2.05, 4.69) is 10.4 Å². The van der Waals surface area contributed by atoms with Crippen LogP contribution in [0.25, 0.3) is 0 Å². The van der Waals surface area contributed by atoms with Crippen molar-refractivity contribution in [1.82, 2.24) is 15.1 Å². The third-order valence-corrected chi connectivity index (χ3v) is 4.42. The highest BCUT2D eigenvalue weighted by Crippen LogP contribution is 2.42. The predicted octanol–water partition coefficient (Wildman–Crippen LogP) is 2.68. The molecular formula is C13H22ClN3O. The predicted molar refractivity (Wildman–Crippen MR) is 72.8 cm³/mol. The quantitative estimate of drug-likeness (QED) is 0.915. The molecule has 102 valence electrons. The summed E-state index contributed by atoms with van der Waals surface area (Å²) in [6.07, 6.45) is 7.55. The first-order chi connectivity index (χ1) is 8.64. The third kappa shape index (κ3) is 2.29. The minimum absolute atomic E-state index is 0.0859. The van der Waals surface area contributed by atoms with Gasteiger partial charge in [-0.2, -0.15) is 5.10 Å². The van der Waals surface area contributed by atoms with Crippen molar-refractivity contribution < 1.29 is 4.74 Å². The lowest BCUT2D eigenvalue weighted by Gasteiger charge is -2.42. The van der Waals surface area contributed by atoms with Crippen molar-refractivity contribution in [1.29, 1.82) is 0 Å². The monoisotopic (exact) mass is 271 g/mol. The van der Waals surface area contributed by atoms with Crippen molar-refractivity contribution in [3.63, 3.8) is 0 Å². The van der Waals surface area contributed by atoms with Gasteiger partial charge in [0, 0.05) is 14.2 Å². The van der Waals surface area contributed by atoms with Crippen LogP contribution >= 0.6 is 11.6 Å². The van der Waals surface area contributed by atoms with E-state index in [0.29, 0.717) is 5.02 Å². The molecular weight excluding hydrogens is 250 g/mol. The Morgan fingerprint density at radius 2 is 2.11 bits per heavy atom. The van der Waals surface area contributed by atoms with Crippen LogP contribution in [0.1, 0.15) is 43.8 Å². The Kier molecular flexibility index (Phi) is 4.30. The van der Waals surface area contributed by atoms with Crippen LogP contribution in [0.15, 0.2) is 6.20 Å². The van der Waals surface area contributed by atoms with E-state index in [-0.39, 0.29) is 11.6 Å². The number of halogens is 1. The first-order valence-electron chi connectivity index (χ1n) is 6.54. The van der Waals surface area contributed by atoms with E-state index < -0.39 is 0 Å². The third-order valence-electron chi connectivity index (χ3n) is 4.13. The van der Waals surface area contributed by atoms with Crippen molar-refractivity contribution in [2.24, 2.45) is 7.05 Å². The molecule has 1 heterocycles. The van der Waals surface area contributed by atoms with Gasteiger partial charge in [-0.15, -0.1) is 0 Å². The van der Waals surface area contributed by atoms with E-state index in [9.17, 15) is 0 Å². The van der Waals surface area contributed by atoms with Crippen LogP contribution in [0, 0.1) is 0 Å². The number of ether oxygens (including phenoxy) is 1. The largest absolute Gasteiger partial charge is 0.376 e. The van der Waals surface area contributed by atoms with Crippen molar-refractivity contribution >= 4 is 11.6 Å². The zero-order valence-electron chi connectivity index (χ0n) is 11.4. The maximum absolute atomic E-state index is 6.28. The molecule has 0 radical (unpaired) electrons. The fraction of sp³-hybridized carbons (Fsp3) is 0.769. The molecule has 1 saturated carbocycles. The average molecular weight is 272 g/mol. The van der Waals surface area contributed by atoms with E-state index in [0.717, 1.165) is 18.5 Å². The molecule has 0 saturated heterocycles. The Morgan fingerprint density at radius 3 is 2.56 bits per heavy atom. The number of hydrogen-bond donors (Lipinski definition) is 1. The summed E-state index contributed by atoms with van der Waals surface area (Å²) in [5.74, 6) is 0. The smallest absolute Gasteiger partial charge is 0.0888 e. The van der Waals surface area contributed by atoms with Gasteiger partial charge in [0.05, 0.1) is 28.6 Å². The Bertz CT molecular complexity index is 379. The van der Waals surface area contributed by atoms with Crippen LogP contribution in [0.5, 0.6) is 0 Å². The lowest BCUT2D eigenvalue weighted by molar-refractivity contribution is -0.0688. The normalized spacial score (nSPS) is 20.9. The van der Waals surface area contributed by atoms with Crippen LogP contribution in [-0.4, -0.2) is 29.5 Å². The van der Waals surface area contributed by atoms with E-state index in [1.54, 1.807) is 13.3 Å². The number of likely N-dealkylation sites (N-methyl/N-ethyl adjacent to an activating group) is 1. The molecule has 1 aromatic rings. The lowest BCUT2D eigenvalue weighted by Crippen LogP contribution is -2.46. The van der Waals surface area contributed by atoms with Gasteiger partial charge in [-0.05, 0) is 19.9 Å². The molecule has 1 fully saturated rings. The fourth-order valence-electron chi connectivity index (χ4n) is 3.15. The second-order valence-electron chi connectivity index (χ2n) is 5.05. The highest BCUT2D eigenvalue weighted by molar-refractivity contribution is 6.31. The SMILES string of the molecule is CNC(c1c(Cl)cnn1C)C1(OC)CCCCC1. The van der Waals surface area contributed by atoms with Gasteiger partial charge in [-0.1, -0.05) is 30.9 Å². The van der Waals surface area contributed by atoms with Crippen LogP contribution < -0.4 is 5.32 Å². The molecule has 4 nitrogen and oxygen atoms in total. The molecule has 0 bridgehead atoms. The van der Waals surface area contributed by atoms with E-state index in [1.807, 2.05) is 18.8 Å². The molecule has 1 unspecified atom stereocenters. The van der Waals surface area contributed by atoms with Crippen molar-refractivity contribution in [2.75, 3.05) is 14.2 Å². The van der Waals surface area contributed by atoms with Gasteiger partial charge < -0.3 is 10.1 Å². The topological polar surface area (TPSA) is 39.1 Å². The standard InChI is InChI=1S/C13H22ClN3O/c1-15-12(11-10(14)9-16-17(11)2)13(18-3)7-5-4-6-8-13/h9,12,15H,4-8H2,1-3H3. The van der Waals surface area contributed by atoms with Crippen LogP contribution in [0.2, 0.25) is 5.02 Å². The van der Waals surface area contributed by atoms with Crippen molar-refractivity contribution in [2.45, 2.75) is 43.7 Å². The van der Waals surface area contributed by atoms with Gasteiger partial charge in [0.2, 0.25) is 0 Å². The van der Waals surface area contributed by atoms with Gasteiger partial charge in [-0.3, -0.25) is 4.68 Å². The second-order valence-corrected chi connectivity index (χ2v) is 5.46. The van der Waals surface area contributed by atoms with E-state index in [4.69, 9.17) is 16.3 Å². The molecule has 2 rings (SSSR count). The lowest BCUT2D eigenvalue weighted by atomic mass is 9.78. The number of rotatable bonds is 4. The minimum atomic E-state index is -0.162. The van der Waals surface area contributed by atoms with Gasteiger partial charge in [0.25, 0.3) is 0 Å². The molecule has 0 aromatic carbocycles. The van der Waals surface area contributed by atoms with Crippen molar-refractivity contribution in [3.8, 4) is 0 Å². The summed E-state index contributed by atoms with van der Waals surface area (Å²) in [5, 5.41) is 8.32. The Hall–Kier alpha value is -0.580. The van der Waals surface area contributed by atoms with Gasteiger partial charge in [0.15, 0.2) is 0 Å². The van der Waals surface area contributed by atoms with E-state index in [1.165, 1.54) is 19.3 Å². The number of hydrogen-bond acceptors (Lipinski definition) is 3. The summed E-state index contributed by atoms with van der Waals surface area (Å²) in [6, 6.07) is 0.0859. The molecule has 0 amide bonds. The fourth-order valence-corrected chi connectivity index (χ4v) is 3.43. The minimum Gasteiger partial charge on any atom is -0.376 e. The maximum atomic E-state index is 6.28. The molecule has 5 heteroatoms. The van der Waals surface area contributed by atoms with Gasteiger partial charge in [-0.25, -0.2) is 0 Å². The molecule has 1 aliphatic carbocycles. The number of aromatic nitrogens is 2. The van der Waals surface area contributed by atoms with Gasteiger partial charge in [0.1, 0.15) is 0 Å². The second kappa shape index (κ2) is 5.59. The highest BCUT2D eigenvalue weighted by Gasteiger charge is 2.42. The summed E-state index contributed by atoms with van der Waals surface area (Å²) < 4.78 is 7.75. The first-order valence-corrected chi connectivity index (χ1v) is 6.92. The molecule has 0 spiro atoms.